The van der Waals surface area contributed by atoms with Crippen LogP contribution < -0.4 is 0 Å². The van der Waals surface area contributed by atoms with E-state index in [9.17, 15) is 0 Å². The third-order valence-corrected chi connectivity index (χ3v) is 14.4. The second kappa shape index (κ2) is 10.4. The minimum Gasteiger partial charge on any atom is -0.252 e. The van der Waals surface area contributed by atoms with Gasteiger partial charge in [0.2, 0.25) is 0 Å². The Hall–Kier alpha value is -3.26. The Morgan fingerprint density at radius 2 is 0.809 bits per heavy atom. The first-order valence-electron chi connectivity index (χ1n) is 19.0. The summed E-state index contributed by atoms with van der Waals surface area (Å²) in [5.41, 5.74) is 10.5. The van der Waals surface area contributed by atoms with E-state index in [0.29, 0.717) is 10.8 Å². The number of aromatic nitrogens is 2. The van der Waals surface area contributed by atoms with Crippen LogP contribution in [0.2, 0.25) is 0 Å². The fourth-order valence-electron chi connectivity index (χ4n) is 13.0. The van der Waals surface area contributed by atoms with E-state index in [2.05, 4.69) is 98.8 Å². The second-order valence-corrected chi connectivity index (χ2v) is 18.0. The molecule has 8 aliphatic rings. The maximum Gasteiger partial charge on any atom is 0.0705 e. The van der Waals surface area contributed by atoms with Crippen LogP contribution in [0.5, 0.6) is 0 Å². The molecule has 0 unspecified atom stereocenters. The monoisotopic (exact) mass is 618 g/mol. The van der Waals surface area contributed by atoms with Gasteiger partial charge in [0.1, 0.15) is 0 Å². The highest BCUT2D eigenvalue weighted by atomic mass is 14.8. The van der Waals surface area contributed by atoms with Crippen molar-refractivity contribution in [1.29, 1.82) is 0 Å². The van der Waals surface area contributed by atoms with Crippen molar-refractivity contribution >= 4 is 0 Å². The van der Waals surface area contributed by atoms with E-state index in [1.165, 1.54) is 88.2 Å². The molecule has 240 valence electrons. The average molecular weight is 619 g/mol. The molecule has 0 spiro atoms. The van der Waals surface area contributed by atoms with Gasteiger partial charge in [-0.3, -0.25) is 9.97 Å². The SMILES string of the molecule is CC(C)(c1cccc(-c2cccc(C34CC5CC(CC(C5)C3)C4)c2)n1)c1cccc(-c2cccc(C34CC5CC(CC(C5)C3)C4)c2)n1. The standard InChI is InChI=1S/C45H50N2/c1-43(2,41-13-5-11-39(46-41)35-7-3-9-37(21-35)44-23-29-15-30(24-44)17-31(16-29)25-44)42-14-6-12-40(47-42)36-8-4-10-38(22-36)45-26-32-18-33(27-45)20-34(19-32)28-45/h3-14,21-22,29-34H,15-20,23-28H2,1-2H3. The zero-order valence-corrected chi connectivity index (χ0v) is 28.4. The number of rotatable bonds is 6. The van der Waals surface area contributed by atoms with Crippen LogP contribution in [-0.2, 0) is 16.2 Å². The highest BCUT2D eigenvalue weighted by Crippen LogP contribution is 2.62. The van der Waals surface area contributed by atoms with Crippen molar-refractivity contribution in [2.24, 2.45) is 35.5 Å². The Morgan fingerprint density at radius 1 is 0.468 bits per heavy atom. The van der Waals surface area contributed by atoms with Crippen LogP contribution in [0.4, 0.5) is 0 Å². The summed E-state index contributed by atoms with van der Waals surface area (Å²) in [6, 6.07) is 32.2. The Labute approximate surface area is 281 Å². The van der Waals surface area contributed by atoms with Crippen LogP contribution in [0, 0.1) is 35.5 Å². The average Bonchev–Trinajstić information content (AvgIpc) is 3.07. The van der Waals surface area contributed by atoms with Crippen molar-refractivity contribution in [3.8, 4) is 22.5 Å². The number of hydrogen-bond acceptors (Lipinski definition) is 2. The van der Waals surface area contributed by atoms with Gasteiger partial charge in [-0.2, -0.15) is 0 Å². The first-order chi connectivity index (χ1) is 22.8. The third kappa shape index (κ3) is 4.71. The van der Waals surface area contributed by atoms with E-state index in [1.807, 2.05) is 0 Å². The normalized spacial score (nSPS) is 35.0. The molecule has 0 radical (unpaired) electrons. The summed E-state index contributed by atoms with van der Waals surface area (Å²) in [5, 5.41) is 0. The van der Waals surface area contributed by atoms with Crippen LogP contribution in [0.15, 0.2) is 84.9 Å². The molecule has 0 atom stereocenters. The summed E-state index contributed by atoms with van der Waals surface area (Å²) in [6.45, 7) is 4.59. The summed E-state index contributed by atoms with van der Waals surface area (Å²) in [6.07, 6.45) is 17.3. The molecule has 8 bridgehead atoms. The number of hydrogen-bond donors (Lipinski definition) is 0. The smallest absolute Gasteiger partial charge is 0.0705 e. The fraction of sp³-hybridized carbons (Fsp3) is 0.511. The van der Waals surface area contributed by atoms with Crippen molar-refractivity contribution in [2.75, 3.05) is 0 Å². The van der Waals surface area contributed by atoms with E-state index in [-0.39, 0.29) is 5.41 Å². The molecular formula is C45H50N2. The van der Waals surface area contributed by atoms with Gasteiger partial charge >= 0.3 is 0 Å². The fourth-order valence-corrected chi connectivity index (χ4v) is 13.0. The van der Waals surface area contributed by atoms with Gasteiger partial charge in [-0.25, -0.2) is 0 Å². The lowest BCUT2D eigenvalue weighted by Crippen LogP contribution is -2.48. The first-order valence-corrected chi connectivity index (χ1v) is 19.0. The third-order valence-electron chi connectivity index (χ3n) is 14.4. The van der Waals surface area contributed by atoms with Gasteiger partial charge in [-0.1, -0.05) is 48.5 Å². The minimum atomic E-state index is -0.318. The van der Waals surface area contributed by atoms with Gasteiger partial charge in [-0.05, 0) is 185 Å². The first kappa shape index (κ1) is 28.7. The van der Waals surface area contributed by atoms with Crippen molar-refractivity contribution in [2.45, 2.75) is 107 Å². The van der Waals surface area contributed by atoms with Crippen molar-refractivity contribution in [3.05, 3.63) is 107 Å². The molecule has 2 aromatic carbocycles. The predicted octanol–water partition coefficient (Wildman–Crippen LogP) is 11.1. The van der Waals surface area contributed by atoms with Crippen molar-refractivity contribution < 1.29 is 0 Å². The zero-order valence-electron chi connectivity index (χ0n) is 28.4. The zero-order chi connectivity index (χ0) is 31.4. The van der Waals surface area contributed by atoms with E-state index < -0.39 is 0 Å². The summed E-state index contributed by atoms with van der Waals surface area (Å²) < 4.78 is 0. The number of benzene rings is 2. The van der Waals surface area contributed by atoms with Crippen LogP contribution >= 0.6 is 0 Å². The molecule has 8 fully saturated rings. The maximum absolute atomic E-state index is 5.36. The van der Waals surface area contributed by atoms with E-state index in [1.54, 1.807) is 11.1 Å². The minimum absolute atomic E-state index is 0.318. The van der Waals surface area contributed by atoms with Crippen LogP contribution in [0.1, 0.15) is 113 Å². The van der Waals surface area contributed by atoms with E-state index in [4.69, 9.17) is 9.97 Å². The Balaban J connectivity index is 0.946. The van der Waals surface area contributed by atoms with Crippen LogP contribution in [0.25, 0.3) is 22.5 Å². The Kier molecular flexibility index (Phi) is 6.34. The Bertz CT molecular complexity index is 1640. The molecule has 2 heteroatoms. The summed E-state index contributed by atoms with van der Waals surface area (Å²) in [5.74, 6) is 5.72. The molecule has 8 saturated carbocycles. The van der Waals surface area contributed by atoms with Crippen LogP contribution in [-0.4, -0.2) is 9.97 Å². The van der Waals surface area contributed by atoms with Crippen molar-refractivity contribution in [3.63, 3.8) is 0 Å². The summed E-state index contributed by atoms with van der Waals surface area (Å²) in [4.78, 5) is 10.7. The molecule has 2 heterocycles. The largest absolute Gasteiger partial charge is 0.252 e. The van der Waals surface area contributed by atoms with E-state index in [0.717, 1.165) is 58.3 Å². The van der Waals surface area contributed by atoms with Gasteiger partial charge in [0.15, 0.2) is 0 Å². The molecule has 8 aliphatic carbocycles. The lowest BCUT2D eigenvalue weighted by Gasteiger charge is -2.57. The quantitative estimate of drug-likeness (QED) is 0.215. The van der Waals surface area contributed by atoms with Gasteiger partial charge in [0.25, 0.3) is 0 Å². The number of nitrogens with zero attached hydrogens (tertiary/aromatic N) is 2. The number of pyridine rings is 2. The molecule has 47 heavy (non-hydrogen) atoms. The van der Waals surface area contributed by atoms with Crippen molar-refractivity contribution in [1.82, 2.24) is 9.97 Å². The summed E-state index contributed by atoms with van der Waals surface area (Å²) >= 11 is 0. The topological polar surface area (TPSA) is 25.8 Å². The molecular weight excluding hydrogens is 569 g/mol. The second-order valence-electron chi connectivity index (χ2n) is 18.0. The molecule has 12 rings (SSSR count). The predicted molar refractivity (Wildman–Crippen MR) is 191 cm³/mol. The summed E-state index contributed by atoms with van der Waals surface area (Å²) in [7, 11) is 0. The maximum atomic E-state index is 5.36. The molecule has 0 amide bonds. The molecule has 2 nitrogen and oxygen atoms in total. The van der Waals surface area contributed by atoms with E-state index >= 15 is 0 Å². The molecule has 4 aromatic rings. The molecule has 0 saturated heterocycles. The van der Waals surface area contributed by atoms with Gasteiger partial charge in [-0.15, -0.1) is 0 Å². The van der Waals surface area contributed by atoms with Gasteiger partial charge < -0.3 is 0 Å². The Morgan fingerprint density at radius 3 is 1.17 bits per heavy atom. The van der Waals surface area contributed by atoms with Gasteiger partial charge in [0, 0.05) is 16.5 Å². The highest BCUT2D eigenvalue weighted by molar-refractivity contribution is 5.63. The van der Waals surface area contributed by atoms with Gasteiger partial charge in [0.05, 0.1) is 22.8 Å². The van der Waals surface area contributed by atoms with Crippen LogP contribution in [0.3, 0.4) is 0 Å². The lowest BCUT2D eigenvalue weighted by atomic mass is 9.48. The molecule has 0 aliphatic heterocycles. The highest BCUT2D eigenvalue weighted by Gasteiger charge is 2.52. The lowest BCUT2D eigenvalue weighted by molar-refractivity contribution is -0.00529. The molecule has 2 aromatic heterocycles. The molecule has 0 N–H and O–H groups in total.